The van der Waals surface area contributed by atoms with Crippen molar-refractivity contribution in [1.82, 2.24) is 5.32 Å². The largest absolute Gasteiger partial charge is 0.347 e. The average molecular weight is 156 g/mol. The second kappa shape index (κ2) is 3.09. The van der Waals surface area contributed by atoms with Crippen LogP contribution in [0.15, 0.2) is 0 Å². The van der Waals surface area contributed by atoms with Crippen molar-refractivity contribution < 1.29 is 9.47 Å². The maximum Gasteiger partial charge on any atom is 0.170 e. The molecule has 0 bridgehead atoms. The van der Waals surface area contributed by atoms with E-state index in [0.29, 0.717) is 6.61 Å². The number of hydrogen-bond donors (Lipinski definition) is 1. The minimum Gasteiger partial charge on any atom is -0.347 e. The zero-order valence-electron chi connectivity index (χ0n) is 6.64. The van der Waals surface area contributed by atoms with E-state index in [2.05, 4.69) is 5.32 Å². The lowest BCUT2D eigenvalue weighted by Crippen LogP contribution is -2.30. The first-order chi connectivity index (χ1) is 5.41. The Balaban J connectivity index is 1.97. The van der Waals surface area contributed by atoms with Crippen LogP contribution in [-0.2, 0) is 9.47 Å². The van der Waals surface area contributed by atoms with E-state index >= 15 is 0 Å². The van der Waals surface area contributed by atoms with Crippen LogP contribution in [0.3, 0.4) is 0 Å². The Morgan fingerprint density at radius 2 is 2.27 bits per heavy atom. The van der Waals surface area contributed by atoms with Crippen LogP contribution >= 0.6 is 0 Å². The van der Waals surface area contributed by atoms with Crippen LogP contribution in [0.2, 0.25) is 0 Å². The van der Waals surface area contributed by atoms with Crippen LogP contribution in [-0.4, -0.2) is 25.5 Å². The van der Waals surface area contributed by atoms with E-state index < -0.39 is 0 Å². The fraction of sp³-hybridized carbons (Fsp3) is 0.875. The Bertz CT molecular complexity index is 122. The summed E-state index contributed by atoms with van der Waals surface area (Å²) in [5.41, 5.74) is 0. The third-order valence-corrected chi connectivity index (χ3v) is 2.31. The maximum absolute atomic E-state index is 5.54. The highest BCUT2D eigenvalue weighted by molar-refractivity contribution is 4.81. The molecule has 1 unspecified atom stereocenters. The van der Waals surface area contributed by atoms with Gasteiger partial charge in [0, 0.05) is 19.4 Å². The van der Waals surface area contributed by atoms with E-state index in [0.717, 1.165) is 32.4 Å². The molecule has 0 aromatic heterocycles. The predicted molar refractivity (Wildman–Crippen MR) is 40.8 cm³/mol. The predicted octanol–water partition coefficient (Wildman–Crippen LogP) is 0.665. The van der Waals surface area contributed by atoms with Gasteiger partial charge in [0.15, 0.2) is 5.79 Å². The third-order valence-electron chi connectivity index (χ3n) is 2.31. The second-order valence-electron chi connectivity index (χ2n) is 3.11. The summed E-state index contributed by atoms with van der Waals surface area (Å²) >= 11 is 0. The summed E-state index contributed by atoms with van der Waals surface area (Å²) in [7, 11) is 0. The van der Waals surface area contributed by atoms with Crippen LogP contribution in [0, 0.1) is 6.61 Å². The second-order valence-corrected chi connectivity index (χ2v) is 3.11. The lowest BCUT2D eigenvalue weighted by atomic mass is 10.1. The summed E-state index contributed by atoms with van der Waals surface area (Å²) in [6, 6.07) is 0. The highest BCUT2D eigenvalue weighted by atomic mass is 16.7. The summed E-state index contributed by atoms with van der Waals surface area (Å²) < 4.78 is 11.0. The fourth-order valence-electron chi connectivity index (χ4n) is 1.68. The quantitative estimate of drug-likeness (QED) is 0.559. The molecule has 1 atom stereocenters. The van der Waals surface area contributed by atoms with Crippen LogP contribution in [0.25, 0.3) is 0 Å². The Hall–Kier alpha value is -0.120. The van der Waals surface area contributed by atoms with Gasteiger partial charge in [-0.25, -0.2) is 0 Å². The minimum atomic E-state index is -0.260. The molecule has 1 radical (unpaired) electrons. The van der Waals surface area contributed by atoms with Gasteiger partial charge < -0.3 is 14.8 Å². The van der Waals surface area contributed by atoms with Crippen molar-refractivity contribution in [3.05, 3.63) is 6.61 Å². The van der Waals surface area contributed by atoms with Gasteiger partial charge in [0.05, 0.1) is 6.61 Å². The van der Waals surface area contributed by atoms with E-state index in [-0.39, 0.29) is 5.79 Å². The van der Waals surface area contributed by atoms with Gasteiger partial charge in [-0.05, 0) is 13.0 Å². The molecule has 2 fully saturated rings. The van der Waals surface area contributed by atoms with E-state index in [4.69, 9.17) is 9.47 Å². The zero-order chi connectivity index (χ0) is 7.57. The molecule has 2 heterocycles. The molecule has 1 spiro atoms. The minimum absolute atomic E-state index is 0.260. The molecule has 0 aromatic carbocycles. The SMILES string of the molecule is [CH]1COC2(CCCNCC2)O1. The van der Waals surface area contributed by atoms with Gasteiger partial charge in [-0.2, -0.15) is 0 Å². The first kappa shape index (κ1) is 7.53. The van der Waals surface area contributed by atoms with Gasteiger partial charge in [0.1, 0.15) is 6.61 Å². The van der Waals surface area contributed by atoms with Gasteiger partial charge >= 0.3 is 0 Å². The maximum atomic E-state index is 5.54. The number of hydrogen-bond acceptors (Lipinski definition) is 3. The van der Waals surface area contributed by atoms with Gasteiger partial charge in [-0.15, -0.1) is 0 Å². The molecule has 3 heteroatoms. The van der Waals surface area contributed by atoms with Crippen LogP contribution in [0.1, 0.15) is 19.3 Å². The van der Waals surface area contributed by atoms with Gasteiger partial charge in [-0.3, -0.25) is 0 Å². The molecule has 11 heavy (non-hydrogen) atoms. The molecule has 2 saturated heterocycles. The van der Waals surface area contributed by atoms with Crippen molar-refractivity contribution in [3.63, 3.8) is 0 Å². The number of nitrogens with one attached hydrogen (secondary N) is 1. The van der Waals surface area contributed by atoms with Crippen molar-refractivity contribution >= 4 is 0 Å². The third kappa shape index (κ3) is 1.55. The zero-order valence-corrected chi connectivity index (χ0v) is 6.64. The fourth-order valence-corrected chi connectivity index (χ4v) is 1.68. The molecule has 0 amide bonds. The molecule has 0 aliphatic carbocycles. The first-order valence-corrected chi connectivity index (χ1v) is 4.26. The molecule has 3 nitrogen and oxygen atoms in total. The lowest BCUT2D eigenvalue weighted by Gasteiger charge is -2.24. The van der Waals surface area contributed by atoms with Crippen molar-refractivity contribution in [2.45, 2.75) is 25.0 Å². The Labute approximate surface area is 67.1 Å². The standard InChI is InChI=1S/C8H14NO2/c1-2-8(3-5-9-4-1)10-6-7-11-8/h6,9H,1-5,7H2. The van der Waals surface area contributed by atoms with E-state index in [1.54, 1.807) is 6.61 Å². The molecule has 0 saturated carbocycles. The summed E-state index contributed by atoms with van der Waals surface area (Å²) in [5, 5.41) is 3.32. The summed E-state index contributed by atoms with van der Waals surface area (Å²) in [4.78, 5) is 0. The first-order valence-electron chi connectivity index (χ1n) is 4.26. The van der Waals surface area contributed by atoms with Gasteiger partial charge in [-0.1, -0.05) is 0 Å². The van der Waals surface area contributed by atoms with Crippen LogP contribution < -0.4 is 5.32 Å². The van der Waals surface area contributed by atoms with Crippen molar-refractivity contribution in [3.8, 4) is 0 Å². The molecular formula is C8H14NO2. The summed E-state index contributed by atoms with van der Waals surface area (Å²) in [5.74, 6) is -0.260. The average Bonchev–Trinajstić information content (AvgIpc) is 2.32. The molecule has 1 N–H and O–H groups in total. The topological polar surface area (TPSA) is 30.5 Å². The molecule has 2 rings (SSSR count). The summed E-state index contributed by atoms with van der Waals surface area (Å²) in [6.45, 7) is 4.52. The van der Waals surface area contributed by atoms with E-state index in [1.165, 1.54) is 0 Å². The van der Waals surface area contributed by atoms with Crippen LogP contribution in [0.4, 0.5) is 0 Å². The monoisotopic (exact) mass is 156 g/mol. The molecule has 0 aromatic rings. The molecule has 63 valence electrons. The Morgan fingerprint density at radius 1 is 1.27 bits per heavy atom. The number of ether oxygens (including phenoxy) is 2. The normalized spacial score (nSPS) is 30.5. The lowest BCUT2D eigenvalue weighted by molar-refractivity contribution is -0.156. The van der Waals surface area contributed by atoms with Gasteiger partial charge in [0.25, 0.3) is 0 Å². The Kier molecular flexibility index (Phi) is 2.11. The highest BCUT2D eigenvalue weighted by Crippen LogP contribution is 2.30. The van der Waals surface area contributed by atoms with Gasteiger partial charge in [0.2, 0.25) is 0 Å². The van der Waals surface area contributed by atoms with Crippen LogP contribution in [0.5, 0.6) is 0 Å². The van der Waals surface area contributed by atoms with Crippen molar-refractivity contribution in [2.75, 3.05) is 19.7 Å². The van der Waals surface area contributed by atoms with E-state index in [1.807, 2.05) is 0 Å². The Morgan fingerprint density at radius 3 is 3.09 bits per heavy atom. The van der Waals surface area contributed by atoms with Crippen molar-refractivity contribution in [2.24, 2.45) is 0 Å². The van der Waals surface area contributed by atoms with Crippen molar-refractivity contribution in [1.29, 1.82) is 0 Å². The van der Waals surface area contributed by atoms with E-state index in [9.17, 15) is 0 Å². The smallest absolute Gasteiger partial charge is 0.170 e. The highest BCUT2D eigenvalue weighted by Gasteiger charge is 2.36. The number of rotatable bonds is 0. The molecule has 2 aliphatic rings. The summed E-state index contributed by atoms with van der Waals surface area (Å²) in [6.07, 6.45) is 3.15. The molecular weight excluding hydrogens is 142 g/mol. The molecule has 2 aliphatic heterocycles.